The Kier molecular flexibility index (Phi) is 5.80. The van der Waals surface area contributed by atoms with Crippen LogP contribution >= 0.6 is 11.3 Å². The maximum absolute atomic E-state index is 12.3. The third-order valence-corrected chi connectivity index (χ3v) is 4.77. The van der Waals surface area contributed by atoms with E-state index in [4.69, 9.17) is 0 Å². The quantitative estimate of drug-likeness (QED) is 0.695. The Morgan fingerprint density at radius 3 is 2.73 bits per heavy atom. The van der Waals surface area contributed by atoms with Gasteiger partial charge in [-0.2, -0.15) is 5.10 Å². The summed E-state index contributed by atoms with van der Waals surface area (Å²) in [5.41, 5.74) is 1.56. The van der Waals surface area contributed by atoms with Gasteiger partial charge < -0.3 is 10.2 Å². The second kappa shape index (κ2) is 8.44. The first-order valence-corrected chi connectivity index (χ1v) is 9.11. The predicted octanol–water partition coefficient (Wildman–Crippen LogP) is 2.26. The summed E-state index contributed by atoms with van der Waals surface area (Å²) in [6.45, 7) is 1.04. The van der Waals surface area contributed by atoms with Crippen molar-refractivity contribution in [1.29, 1.82) is 0 Å². The monoisotopic (exact) mass is 368 g/mol. The van der Waals surface area contributed by atoms with E-state index < -0.39 is 0 Å². The van der Waals surface area contributed by atoms with Crippen molar-refractivity contribution in [1.82, 2.24) is 15.1 Å². The van der Waals surface area contributed by atoms with Gasteiger partial charge in [0.2, 0.25) is 5.91 Å². The molecule has 6 nitrogen and oxygen atoms in total. The molecule has 2 heterocycles. The highest BCUT2D eigenvalue weighted by Gasteiger charge is 2.09. The maximum atomic E-state index is 12.3. The maximum Gasteiger partial charge on any atom is 0.269 e. The molecule has 0 aliphatic heterocycles. The molecule has 1 amide bonds. The average molecular weight is 368 g/mol. The summed E-state index contributed by atoms with van der Waals surface area (Å²) in [6.07, 6.45) is 1.61. The number of carbonyl (C=O) groups excluding carboxylic acids is 1. The van der Waals surface area contributed by atoms with E-state index in [1.807, 2.05) is 59.8 Å². The highest BCUT2D eigenvalue weighted by atomic mass is 32.1. The van der Waals surface area contributed by atoms with Crippen LogP contribution in [0.4, 0.5) is 5.69 Å². The number of amides is 1. The van der Waals surface area contributed by atoms with Gasteiger partial charge in [-0.25, -0.2) is 4.68 Å². The number of nitrogens with zero attached hydrogens (tertiary/aromatic N) is 3. The van der Waals surface area contributed by atoms with E-state index >= 15 is 0 Å². The van der Waals surface area contributed by atoms with Gasteiger partial charge in [-0.3, -0.25) is 9.59 Å². The van der Waals surface area contributed by atoms with Gasteiger partial charge in [-0.1, -0.05) is 36.4 Å². The Bertz CT molecular complexity index is 907. The van der Waals surface area contributed by atoms with Crippen LogP contribution in [-0.4, -0.2) is 22.7 Å². The number of benzene rings is 1. The second-order valence-electron chi connectivity index (χ2n) is 5.91. The van der Waals surface area contributed by atoms with Gasteiger partial charge in [0, 0.05) is 24.5 Å². The average Bonchev–Trinajstić information content (AvgIpc) is 3.16. The summed E-state index contributed by atoms with van der Waals surface area (Å²) in [5.74, 6) is -0.238. The van der Waals surface area contributed by atoms with E-state index in [1.54, 1.807) is 17.5 Å². The minimum atomic E-state index is -0.298. The molecule has 0 fully saturated rings. The molecule has 26 heavy (non-hydrogen) atoms. The lowest BCUT2D eigenvalue weighted by Gasteiger charge is -2.19. The first-order valence-electron chi connectivity index (χ1n) is 8.23. The zero-order valence-corrected chi connectivity index (χ0v) is 15.3. The van der Waals surface area contributed by atoms with Gasteiger partial charge >= 0.3 is 0 Å². The van der Waals surface area contributed by atoms with E-state index in [-0.39, 0.29) is 18.0 Å². The van der Waals surface area contributed by atoms with Crippen LogP contribution in [0.25, 0.3) is 0 Å². The van der Waals surface area contributed by atoms with Crippen molar-refractivity contribution < 1.29 is 4.79 Å². The topological polar surface area (TPSA) is 67.2 Å². The number of anilines is 1. The van der Waals surface area contributed by atoms with Crippen molar-refractivity contribution in [2.45, 2.75) is 19.6 Å². The van der Waals surface area contributed by atoms with E-state index in [0.717, 1.165) is 10.4 Å². The number of carbonyl (C=O) groups is 1. The highest BCUT2D eigenvalue weighted by molar-refractivity contribution is 7.09. The molecule has 0 radical (unpaired) electrons. The lowest BCUT2D eigenvalue weighted by molar-refractivity contribution is -0.122. The molecular formula is C19H20N4O2S. The number of nitrogens with one attached hydrogen (secondary N) is 1. The van der Waals surface area contributed by atoms with Gasteiger partial charge in [-0.15, -0.1) is 11.3 Å². The van der Waals surface area contributed by atoms with Crippen molar-refractivity contribution in [2.24, 2.45) is 0 Å². The first kappa shape index (κ1) is 17.9. The van der Waals surface area contributed by atoms with Gasteiger partial charge in [0.25, 0.3) is 5.56 Å². The van der Waals surface area contributed by atoms with Gasteiger partial charge in [-0.05, 0) is 17.0 Å². The Labute approximate surface area is 155 Å². The molecule has 0 aliphatic carbocycles. The molecule has 2 aromatic heterocycles. The normalized spacial score (nSPS) is 10.5. The summed E-state index contributed by atoms with van der Waals surface area (Å²) >= 11 is 1.58. The third-order valence-electron chi connectivity index (χ3n) is 3.89. The summed E-state index contributed by atoms with van der Waals surface area (Å²) in [6, 6.07) is 15.4. The van der Waals surface area contributed by atoms with Gasteiger partial charge in [0.05, 0.1) is 18.4 Å². The minimum Gasteiger partial charge on any atom is -0.369 e. The summed E-state index contributed by atoms with van der Waals surface area (Å²) < 4.78 is 1.17. The predicted molar refractivity (Wildman–Crippen MR) is 103 cm³/mol. The Morgan fingerprint density at radius 1 is 1.23 bits per heavy atom. The lowest BCUT2D eigenvalue weighted by Crippen LogP contribution is -2.33. The van der Waals surface area contributed by atoms with Gasteiger partial charge in [0.1, 0.15) is 6.54 Å². The molecule has 0 aliphatic rings. The summed E-state index contributed by atoms with van der Waals surface area (Å²) in [5, 5.41) is 8.88. The van der Waals surface area contributed by atoms with Crippen LogP contribution in [0.2, 0.25) is 0 Å². The molecule has 0 saturated carbocycles. The van der Waals surface area contributed by atoms with E-state index in [9.17, 15) is 9.59 Å². The van der Waals surface area contributed by atoms with Crippen molar-refractivity contribution in [2.75, 3.05) is 11.9 Å². The first-order chi connectivity index (χ1) is 12.6. The molecule has 1 aromatic carbocycles. The number of rotatable bonds is 7. The number of hydrogen-bond donors (Lipinski definition) is 1. The zero-order valence-electron chi connectivity index (χ0n) is 14.5. The Balaban J connectivity index is 1.60. The Hall–Kier alpha value is -2.93. The van der Waals surface area contributed by atoms with Crippen LogP contribution in [0.15, 0.2) is 64.9 Å². The standard InChI is InChI=1S/C19H20N4O2S/c1-22(13-15-6-3-2-4-7-15)16-10-19(25)23(21-11-16)14-18(24)20-12-17-8-5-9-26-17/h2-11H,12-14H2,1H3,(H,20,24). The number of thiophene rings is 1. The highest BCUT2D eigenvalue weighted by Crippen LogP contribution is 2.12. The van der Waals surface area contributed by atoms with E-state index in [1.165, 1.54) is 10.7 Å². The molecule has 7 heteroatoms. The second-order valence-corrected chi connectivity index (χ2v) is 6.94. The van der Waals surface area contributed by atoms with E-state index in [2.05, 4.69) is 10.4 Å². The SMILES string of the molecule is CN(Cc1ccccc1)c1cnn(CC(=O)NCc2cccs2)c(=O)c1. The summed E-state index contributed by atoms with van der Waals surface area (Å²) in [7, 11) is 1.90. The smallest absolute Gasteiger partial charge is 0.269 e. The van der Waals surface area contributed by atoms with Crippen molar-refractivity contribution in [3.63, 3.8) is 0 Å². The lowest BCUT2D eigenvalue weighted by atomic mass is 10.2. The molecular weight excluding hydrogens is 348 g/mol. The fraction of sp³-hybridized carbons (Fsp3) is 0.211. The third kappa shape index (κ3) is 4.80. The fourth-order valence-corrected chi connectivity index (χ4v) is 3.14. The molecule has 0 bridgehead atoms. The van der Waals surface area contributed by atoms with Crippen LogP contribution in [0.5, 0.6) is 0 Å². The minimum absolute atomic E-state index is 0.0904. The fourth-order valence-electron chi connectivity index (χ4n) is 2.49. The zero-order chi connectivity index (χ0) is 18.4. The molecule has 0 unspecified atom stereocenters. The number of hydrogen-bond acceptors (Lipinski definition) is 5. The van der Waals surface area contributed by atoms with Crippen LogP contribution in [0, 0.1) is 0 Å². The van der Waals surface area contributed by atoms with Crippen molar-refractivity contribution >= 4 is 22.9 Å². The molecule has 1 N–H and O–H groups in total. The summed E-state index contributed by atoms with van der Waals surface area (Å²) in [4.78, 5) is 27.3. The molecule has 134 valence electrons. The Morgan fingerprint density at radius 2 is 2.04 bits per heavy atom. The molecule has 3 rings (SSSR count). The number of aromatic nitrogens is 2. The van der Waals surface area contributed by atoms with Crippen LogP contribution in [-0.2, 0) is 24.4 Å². The molecule has 0 saturated heterocycles. The van der Waals surface area contributed by atoms with Crippen LogP contribution in [0.3, 0.4) is 0 Å². The largest absolute Gasteiger partial charge is 0.369 e. The molecule has 0 spiro atoms. The van der Waals surface area contributed by atoms with Crippen LogP contribution < -0.4 is 15.8 Å². The van der Waals surface area contributed by atoms with Crippen molar-refractivity contribution in [3.8, 4) is 0 Å². The molecule has 0 atom stereocenters. The van der Waals surface area contributed by atoms with E-state index in [0.29, 0.717) is 18.8 Å². The van der Waals surface area contributed by atoms with Crippen LogP contribution in [0.1, 0.15) is 10.4 Å². The van der Waals surface area contributed by atoms with Gasteiger partial charge in [0.15, 0.2) is 0 Å². The molecule has 3 aromatic rings. The van der Waals surface area contributed by atoms with Crippen molar-refractivity contribution in [3.05, 3.63) is 80.9 Å².